The zero-order valence-corrected chi connectivity index (χ0v) is 13.5. The number of nitro benzene ring substituents is 1. The molecular formula is C14H16N6O3S. The summed E-state index contributed by atoms with van der Waals surface area (Å²) in [7, 11) is 0. The average Bonchev–Trinajstić information content (AvgIpc) is 3.01. The summed E-state index contributed by atoms with van der Waals surface area (Å²) in [5.41, 5.74) is 9.89. The van der Waals surface area contributed by atoms with E-state index in [2.05, 4.69) is 20.4 Å². The summed E-state index contributed by atoms with van der Waals surface area (Å²) < 4.78 is 5.35. The summed E-state index contributed by atoms with van der Waals surface area (Å²) in [6, 6.07) is 4.75. The number of hydrogen-bond donors (Lipinski definition) is 2. The van der Waals surface area contributed by atoms with Gasteiger partial charge in [-0.1, -0.05) is 0 Å². The number of aromatic nitrogens is 1. The molecule has 2 heterocycles. The molecule has 1 aromatic carbocycles. The first-order chi connectivity index (χ1) is 11.6. The second kappa shape index (κ2) is 7.23. The van der Waals surface area contributed by atoms with E-state index in [0.29, 0.717) is 29.7 Å². The number of nitrogens with two attached hydrogens (primary N) is 1. The molecule has 24 heavy (non-hydrogen) atoms. The van der Waals surface area contributed by atoms with Gasteiger partial charge in [-0.2, -0.15) is 5.10 Å². The molecule has 0 radical (unpaired) electrons. The molecule has 0 bridgehead atoms. The van der Waals surface area contributed by atoms with E-state index in [1.807, 2.05) is 0 Å². The predicted octanol–water partition coefficient (Wildman–Crippen LogP) is 1.92. The highest BCUT2D eigenvalue weighted by atomic mass is 32.1. The number of nitro groups is 1. The van der Waals surface area contributed by atoms with Gasteiger partial charge in [0.15, 0.2) is 0 Å². The smallest absolute Gasteiger partial charge is 0.270 e. The minimum atomic E-state index is -0.421. The van der Waals surface area contributed by atoms with Crippen molar-refractivity contribution in [2.45, 2.75) is 0 Å². The summed E-state index contributed by atoms with van der Waals surface area (Å²) >= 11 is 1.33. The molecule has 10 heteroatoms. The number of rotatable bonds is 5. The highest BCUT2D eigenvalue weighted by molar-refractivity contribution is 7.14. The molecule has 9 nitrogen and oxygen atoms in total. The molecule has 3 rings (SSSR count). The summed E-state index contributed by atoms with van der Waals surface area (Å²) in [6.07, 6.45) is 1.55. The number of nitrogen functional groups attached to an aromatic ring is 1. The Morgan fingerprint density at radius 3 is 2.92 bits per heavy atom. The van der Waals surface area contributed by atoms with Crippen LogP contribution in [0.5, 0.6) is 0 Å². The minimum Gasteiger partial charge on any atom is -0.383 e. The molecule has 1 aliphatic heterocycles. The normalized spacial score (nSPS) is 14.9. The number of nitrogens with one attached hydrogen (secondary N) is 1. The van der Waals surface area contributed by atoms with Gasteiger partial charge in [0.1, 0.15) is 5.82 Å². The van der Waals surface area contributed by atoms with Crippen molar-refractivity contribution in [2.24, 2.45) is 5.10 Å². The third-order valence-corrected chi connectivity index (χ3v) is 4.22. The number of nitrogens with zero attached hydrogens (tertiary/aromatic N) is 4. The average molecular weight is 348 g/mol. The lowest BCUT2D eigenvalue weighted by Gasteiger charge is -2.29. The number of hydrazone groups is 1. The molecule has 2 aromatic rings. The van der Waals surface area contributed by atoms with Crippen LogP contribution in [0.1, 0.15) is 5.56 Å². The Labute approximate surface area is 141 Å². The zero-order chi connectivity index (χ0) is 16.9. The number of benzene rings is 1. The fourth-order valence-corrected chi connectivity index (χ4v) is 2.89. The molecule has 0 saturated carbocycles. The van der Waals surface area contributed by atoms with Gasteiger partial charge < -0.3 is 15.4 Å². The second-order valence-corrected chi connectivity index (χ2v) is 5.91. The predicted molar refractivity (Wildman–Crippen MR) is 93.9 cm³/mol. The maximum absolute atomic E-state index is 11.0. The third-order valence-electron chi connectivity index (χ3n) is 3.46. The van der Waals surface area contributed by atoms with E-state index in [0.717, 1.165) is 18.8 Å². The maximum atomic E-state index is 11.0. The first kappa shape index (κ1) is 16.1. The Kier molecular flexibility index (Phi) is 4.87. The van der Waals surface area contributed by atoms with Crippen molar-refractivity contribution < 1.29 is 9.66 Å². The summed E-state index contributed by atoms with van der Waals surface area (Å²) in [6.45, 7) is 2.72. The quantitative estimate of drug-likeness (QED) is 0.481. The van der Waals surface area contributed by atoms with Crippen LogP contribution in [0.15, 0.2) is 28.7 Å². The Bertz CT molecular complexity index is 757. The van der Waals surface area contributed by atoms with Crippen molar-refractivity contribution in [3.05, 3.63) is 39.3 Å². The number of morpholine rings is 1. The Morgan fingerprint density at radius 2 is 2.25 bits per heavy atom. The van der Waals surface area contributed by atoms with Crippen LogP contribution in [0.4, 0.5) is 22.3 Å². The summed E-state index contributed by atoms with van der Waals surface area (Å²) in [5, 5.41) is 17.4. The van der Waals surface area contributed by atoms with Gasteiger partial charge in [-0.05, 0) is 6.07 Å². The lowest BCUT2D eigenvalue weighted by molar-refractivity contribution is -0.384. The molecule has 0 atom stereocenters. The van der Waals surface area contributed by atoms with Crippen molar-refractivity contribution in [1.82, 2.24) is 4.98 Å². The Balaban J connectivity index is 1.84. The standard InChI is InChI=1S/C14H16N6O3S/c15-13-9-24-14(17-13)18-16-8-10-7-11(20(21)22)1-2-12(10)19-3-5-23-6-4-19/h1-2,7-9H,3-6,15H2,(H,17,18). The molecule has 0 amide bonds. The molecule has 1 aromatic heterocycles. The monoisotopic (exact) mass is 348 g/mol. The Hall–Kier alpha value is -2.72. The van der Waals surface area contributed by atoms with E-state index in [9.17, 15) is 10.1 Å². The number of hydrogen-bond acceptors (Lipinski definition) is 9. The molecular weight excluding hydrogens is 332 g/mol. The highest BCUT2D eigenvalue weighted by Crippen LogP contribution is 2.25. The van der Waals surface area contributed by atoms with Crippen molar-refractivity contribution in [2.75, 3.05) is 42.4 Å². The van der Waals surface area contributed by atoms with Gasteiger partial charge in [-0.3, -0.25) is 15.5 Å². The van der Waals surface area contributed by atoms with Gasteiger partial charge in [0.2, 0.25) is 5.13 Å². The molecule has 1 saturated heterocycles. The van der Waals surface area contributed by atoms with Gasteiger partial charge in [0.25, 0.3) is 5.69 Å². The van der Waals surface area contributed by atoms with Crippen molar-refractivity contribution in [3.8, 4) is 0 Å². The second-order valence-electron chi connectivity index (χ2n) is 5.05. The summed E-state index contributed by atoms with van der Waals surface area (Å²) in [4.78, 5) is 16.8. The van der Waals surface area contributed by atoms with Gasteiger partial charge in [0, 0.05) is 41.9 Å². The molecule has 3 N–H and O–H groups in total. The topological polar surface area (TPSA) is 119 Å². The number of non-ortho nitro benzene ring substituents is 1. The van der Waals surface area contributed by atoms with E-state index < -0.39 is 4.92 Å². The maximum Gasteiger partial charge on any atom is 0.270 e. The lowest BCUT2D eigenvalue weighted by atomic mass is 10.1. The molecule has 1 fully saturated rings. The Morgan fingerprint density at radius 1 is 1.46 bits per heavy atom. The SMILES string of the molecule is Nc1csc(NN=Cc2cc([N+](=O)[O-])ccc2N2CCOCC2)n1. The highest BCUT2D eigenvalue weighted by Gasteiger charge is 2.17. The lowest BCUT2D eigenvalue weighted by Crippen LogP contribution is -2.36. The van der Waals surface area contributed by atoms with Crippen LogP contribution >= 0.6 is 11.3 Å². The number of thiazole rings is 1. The van der Waals surface area contributed by atoms with Gasteiger partial charge in [-0.25, -0.2) is 4.98 Å². The van der Waals surface area contributed by atoms with Crippen molar-refractivity contribution in [3.63, 3.8) is 0 Å². The summed E-state index contributed by atoms with van der Waals surface area (Å²) in [5.74, 6) is 0.419. The molecule has 0 unspecified atom stereocenters. The van der Waals surface area contributed by atoms with Gasteiger partial charge >= 0.3 is 0 Å². The van der Waals surface area contributed by atoms with Crippen LogP contribution in [0.25, 0.3) is 0 Å². The fourth-order valence-electron chi connectivity index (χ4n) is 2.35. The van der Waals surface area contributed by atoms with E-state index in [-0.39, 0.29) is 5.69 Å². The van der Waals surface area contributed by atoms with E-state index >= 15 is 0 Å². The third kappa shape index (κ3) is 3.78. The minimum absolute atomic E-state index is 0.0203. The van der Waals surface area contributed by atoms with Crippen molar-refractivity contribution in [1.29, 1.82) is 0 Å². The first-order valence-corrected chi connectivity index (χ1v) is 8.12. The van der Waals surface area contributed by atoms with Gasteiger partial charge in [0.05, 0.1) is 24.4 Å². The molecule has 0 spiro atoms. The van der Waals surface area contributed by atoms with E-state index in [1.165, 1.54) is 23.5 Å². The molecule has 1 aliphatic rings. The number of anilines is 3. The van der Waals surface area contributed by atoms with Crippen molar-refractivity contribution >= 4 is 39.9 Å². The van der Waals surface area contributed by atoms with Crippen LogP contribution in [0.3, 0.4) is 0 Å². The van der Waals surface area contributed by atoms with Crippen LogP contribution in [-0.2, 0) is 4.74 Å². The fraction of sp³-hybridized carbons (Fsp3) is 0.286. The molecule has 0 aliphatic carbocycles. The first-order valence-electron chi connectivity index (χ1n) is 7.25. The van der Waals surface area contributed by atoms with Crippen LogP contribution < -0.4 is 16.1 Å². The van der Waals surface area contributed by atoms with Crippen LogP contribution in [0, 0.1) is 10.1 Å². The molecule has 126 valence electrons. The van der Waals surface area contributed by atoms with Gasteiger partial charge in [-0.15, -0.1) is 11.3 Å². The number of ether oxygens (including phenoxy) is 1. The van der Waals surface area contributed by atoms with Crippen LogP contribution in [-0.4, -0.2) is 42.4 Å². The van der Waals surface area contributed by atoms with Crippen LogP contribution in [0.2, 0.25) is 0 Å². The van der Waals surface area contributed by atoms with E-state index in [1.54, 1.807) is 17.7 Å². The zero-order valence-electron chi connectivity index (χ0n) is 12.7. The van der Waals surface area contributed by atoms with E-state index in [4.69, 9.17) is 10.5 Å². The largest absolute Gasteiger partial charge is 0.383 e.